The van der Waals surface area contributed by atoms with Gasteiger partial charge in [0.05, 0.1) is 17.3 Å². The van der Waals surface area contributed by atoms with Gasteiger partial charge >= 0.3 is 0 Å². The van der Waals surface area contributed by atoms with Gasteiger partial charge in [0.25, 0.3) is 0 Å². The summed E-state index contributed by atoms with van der Waals surface area (Å²) in [6.07, 6.45) is 4.33. The van der Waals surface area contributed by atoms with Crippen molar-refractivity contribution in [2.75, 3.05) is 31.6 Å². The second-order valence-corrected chi connectivity index (χ2v) is 8.16. The molecule has 2 aliphatic heterocycles. The van der Waals surface area contributed by atoms with Crippen LogP contribution in [0, 0.1) is 5.82 Å². The number of rotatable bonds is 7. The third kappa shape index (κ3) is 4.55. The van der Waals surface area contributed by atoms with Crippen molar-refractivity contribution >= 4 is 34.1 Å². The van der Waals surface area contributed by atoms with Crippen LogP contribution in [0.1, 0.15) is 19.3 Å². The molecule has 2 aromatic heterocycles. The molecule has 2 aliphatic rings. The predicted octanol–water partition coefficient (Wildman–Crippen LogP) is 3.86. The molecule has 4 heterocycles. The van der Waals surface area contributed by atoms with Crippen LogP contribution in [0.25, 0.3) is 11.0 Å². The molecule has 2 atom stereocenters. The van der Waals surface area contributed by atoms with Gasteiger partial charge in [-0.15, -0.1) is 0 Å². The lowest BCUT2D eigenvalue weighted by Crippen LogP contribution is -2.20. The van der Waals surface area contributed by atoms with Crippen molar-refractivity contribution in [2.24, 2.45) is 0 Å². The smallest absolute Gasteiger partial charge is 0.214 e. The van der Waals surface area contributed by atoms with Crippen molar-refractivity contribution in [1.29, 1.82) is 0 Å². The van der Waals surface area contributed by atoms with E-state index in [1.54, 1.807) is 24.3 Å². The van der Waals surface area contributed by atoms with E-state index >= 15 is 0 Å². The Balaban J connectivity index is 1.36. The molecule has 0 saturated carbocycles. The van der Waals surface area contributed by atoms with Gasteiger partial charge in [-0.05, 0) is 44.0 Å². The standard InChI is InChI=1S/C22H23ClFN5O3/c23-19-17(31-11-14-2-1-9-30-14)5-3-15(20(19)24)28-22-21-16(26-12-27-22)4-6-18(29-21)32-13-7-8-25-10-13/h3-6,12-14,25H,1-2,7-11H2,(H,26,27,28)/t13-,14?/m0/s1. The number of ether oxygens (including phenoxy) is 3. The number of nitrogens with zero attached hydrogens (tertiary/aromatic N) is 3. The van der Waals surface area contributed by atoms with Crippen molar-refractivity contribution in [1.82, 2.24) is 20.3 Å². The Morgan fingerprint density at radius 3 is 2.97 bits per heavy atom. The predicted molar refractivity (Wildman–Crippen MR) is 118 cm³/mol. The van der Waals surface area contributed by atoms with E-state index in [1.807, 2.05) is 0 Å². The molecular weight excluding hydrogens is 437 g/mol. The zero-order chi connectivity index (χ0) is 21.9. The molecule has 0 spiro atoms. The average molecular weight is 460 g/mol. The van der Waals surface area contributed by atoms with Crippen molar-refractivity contribution in [3.8, 4) is 11.6 Å². The molecule has 0 radical (unpaired) electrons. The van der Waals surface area contributed by atoms with Gasteiger partial charge < -0.3 is 24.8 Å². The first kappa shape index (κ1) is 21.1. The average Bonchev–Trinajstić information content (AvgIpc) is 3.51. The molecule has 32 heavy (non-hydrogen) atoms. The fourth-order valence-corrected chi connectivity index (χ4v) is 4.02. The Morgan fingerprint density at radius 2 is 2.16 bits per heavy atom. The number of nitrogens with one attached hydrogen (secondary N) is 2. The number of fused-ring (bicyclic) bond motifs is 1. The van der Waals surface area contributed by atoms with Gasteiger partial charge in [-0.25, -0.2) is 19.3 Å². The SMILES string of the molecule is Fc1c(Nc2ncnc3ccc(O[C@H]4CCNC4)nc23)ccc(OCC2CCCO2)c1Cl. The molecule has 8 nitrogen and oxygen atoms in total. The summed E-state index contributed by atoms with van der Waals surface area (Å²) in [5.41, 5.74) is 1.25. The van der Waals surface area contributed by atoms with E-state index < -0.39 is 5.82 Å². The Morgan fingerprint density at radius 1 is 1.22 bits per heavy atom. The van der Waals surface area contributed by atoms with Gasteiger partial charge in [0, 0.05) is 19.2 Å². The van der Waals surface area contributed by atoms with Gasteiger partial charge in [-0.2, -0.15) is 0 Å². The van der Waals surface area contributed by atoms with Crippen LogP contribution in [0.2, 0.25) is 5.02 Å². The minimum absolute atomic E-state index is 0.0156. The summed E-state index contributed by atoms with van der Waals surface area (Å²) in [6, 6.07) is 6.76. The van der Waals surface area contributed by atoms with E-state index in [0.29, 0.717) is 29.3 Å². The molecule has 1 aromatic carbocycles. The Labute approximate surface area is 189 Å². The van der Waals surface area contributed by atoms with E-state index in [9.17, 15) is 4.39 Å². The van der Waals surface area contributed by atoms with Crippen molar-refractivity contribution in [3.05, 3.63) is 41.4 Å². The van der Waals surface area contributed by atoms with Gasteiger partial charge in [0.15, 0.2) is 11.6 Å². The van der Waals surface area contributed by atoms with Gasteiger partial charge in [0.1, 0.15) is 35.3 Å². The van der Waals surface area contributed by atoms with Crippen LogP contribution in [0.4, 0.5) is 15.9 Å². The summed E-state index contributed by atoms with van der Waals surface area (Å²) in [5.74, 6) is 0.470. The molecule has 2 saturated heterocycles. The normalized spacial score (nSPS) is 20.6. The molecule has 2 fully saturated rings. The maximum atomic E-state index is 15.0. The van der Waals surface area contributed by atoms with Crippen LogP contribution in [0.5, 0.6) is 11.6 Å². The summed E-state index contributed by atoms with van der Waals surface area (Å²) in [6.45, 7) is 2.76. The summed E-state index contributed by atoms with van der Waals surface area (Å²) in [4.78, 5) is 13.0. The van der Waals surface area contributed by atoms with E-state index in [0.717, 1.165) is 39.0 Å². The quantitative estimate of drug-likeness (QED) is 0.550. The van der Waals surface area contributed by atoms with Crippen LogP contribution >= 0.6 is 11.6 Å². The Kier molecular flexibility index (Phi) is 6.20. The van der Waals surface area contributed by atoms with Crippen LogP contribution in [-0.4, -0.2) is 53.5 Å². The topological polar surface area (TPSA) is 90.4 Å². The molecule has 0 bridgehead atoms. The number of pyridine rings is 1. The minimum atomic E-state index is -0.632. The molecule has 2 N–H and O–H groups in total. The zero-order valence-corrected chi connectivity index (χ0v) is 18.1. The summed E-state index contributed by atoms with van der Waals surface area (Å²) in [7, 11) is 0. The highest BCUT2D eigenvalue weighted by atomic mass is 35.5. The first-order valence-corrected chi connectivity index (χ1v) is 11.0. The number of halogens is 2. The lowest BCUT2D eigenvalue weighted by atomic mass is 10.2. The van der Waals surface area contributed by atoms with Crippen molar-refractivity contribution < 1.29 is 18.6 Å². The fourth-order valence-electron chi connectivity index (χ4n) is 3.80. The minimum Gasteiger partial charge on any atom is -0.489 e. The third-order valence-electron chi connectivity index (χ3n) is 5.51. The Bertz CT molecular complexity index is 1110. The van der Waals surface area contributed by atoms with E-state index in [1.165, 1.54) is 6.33 Å². The van der Waals surface area contributed by atoms with Crippen molar-refractivity contribution in [3.63, 3.8) is 0 Å². The van der Waals surface area contributed by atoms with E-state index in [4.69, 9.17) is 25.8 Å². The van der Waals surface area contributed by atoms with E-state index in [-0.39, 0.29) is 28.7 Å². The van der Waals surface area contributed by atoms with Crippen molar-refractivity contribution in [2.45, 2.75) is 31.5 Å². The molecule has 168 valence electrons. The van der Waals surface area contributed by atoms with Crippen LogP contribution < -0.4 is 20.1 Å². The molecule has 3 aromatic rings. The second kappa shape index (κ2) is 9.40. The highest BCUT2D eigenvalue weighted by molar-refractivity contribution is 6.32. The lowest BCUT2D eigenvalue weighted by Gasteiger charge is -2.15. The van der Waals surface area contributed by atoms with Gasteiger partial charge in [-0.1, -0.05) is 11.6 Å². The molecule has 10 heteroatoms. The fraction of sp³-hybridized carbons (Fsp3) is 0.409. The Hall–Kier alpha value is -2.75. The highest BCUT2D eigenvalue weighted by Crippen LogP contribution is 2.34. The second-order valence-electron chi connectivity index (χ2n) is 7.78. The molecule has 0 aliphatic carbocycles. The summed E-state index contributed by atoms with van der Waals surface area (Å²) in [5, 5.41) is 6.13. The molecule has 5 rings (SSSR count). The number of anilines is 2. The zero-order valence-electron chi connectivity index (χ0n) is 17.3. The van der Waals surface area contributed by atoms with Crippen LogP contribution in [0.3, 0.4) is 0 Å². The highest BCUT2D eigenvalue weighted by Gasteiger charge is 2.20. The number of benzene rings is 1. The van der Waals surface area contributed by atoms with Crippen LogP contribution in [-0.2, 0) is 4.74 Å². The van der Waals surface area contributed by atoms with Crippen LogP contribution in [0.15, 0.2) is 30.6 Å². The third-order valence-corrected chi connectivity index (χ3v) is 5.86. The lowest BCUT2D eigenvalue weighted by molar-refractivity contribution is 0.0679. The van der Waals surface area contributed by atoms with Gasteiger partial charge in [0.2, 0.25) is 5.88 Å². The number of aromatic nitrogens is 3. The van der Waals surface area contributed by atoms with E-state index in [2.05, 4.69) is 25.6 Å². The summed E-state index contributed by atoms with van der Waals surface area (Å²) >= 11 is 6.23. The molecule has 0 amide bonds. The molecular formula is C22H23ClFN5O3. The van der Waals surface area contributed by atoms with Gasteiger partial charge in [-0.3, -0.25) is 0 Å². The maximum absolute atomic E-state index is 15.0. The monoisotopic (exact) mass is 459 g/mol. The summed E-state index contributed by atoms with van der Waals surface area (Å²) < 4.78 is 32.1. The first-order chi connectivity index (χ1) is 15.7. The largest absolute Gasteiger partial charge is 0.489 e. The first-order valence-electron chi connectivity index (χ1n) is 10.7. The molecule has 1 unspecified atom stereocenters. The number of hydrogen-bond donors (Lipinski definition) is 2. The maximum Gasteiger partial charge on any atom is 0.214 e. The number of hydrogen-bond acceptors (Lipinski definition) is 8.